The quantitative estimate of drug-likeness (QED) is 0.294. The van der Waals surface area contributed by atoms with Crippen molar-refractivity contribution in [2.24, 2.45) is 11.8 Å². The average molecular weight is 517 g/mol. The van der Waals surface area contributed by atoms with Gasteiger partial charge in [-0.2, -0.15) is 0 Å². The van der Waals surface area contributed by atoms with Crippen molar-refractivity contribution < 1.29 is 24.2 Å². The van der Waals surface area contributed by atoms with Gasteiger partial charge in [-0.15, -0.1) is 0 Å². The van der Waals surface area contributed by atoms with Crippen LogP contribution in [0.5, 0.6) is 11.5 Å². The van der Waals surface area contributed by atoms with Crippen molar-refractivity contribution in [1.29, 1.82) is 0 Å². The molecule has 1 N–H and O–H groups in total. The van der Waals surface area contributed by atoms with Crippen LogP contribution in [0.4, 0.5) is 0 Å². The van der Waals surface area contributed by atoms with Gasteiger partial charge in [0.15, 0.2) is 11.5 Å². The maximum Gasteiger partial charge on any atom is 0.308 e. The summed E-state index contributed by atoms with van der Waals surface area (Å²) < 4.78 is 11.1. The van der Waals surface area contributed by atoms with Crippen molar-refractivity contribution >= 4 is 11.9 Å². The Kier molecular flexibility index (Phi) is 11.6. The standard InChI is InChI=1S/C30H48N2O5/c1-5-9-15-31(16-10-6-2)28(33)20-32-19-24(23-13-14-26-27(18-23)37-21-36-26)29(30(34)35)25(32)17-22(11-7-3)12-8-4/h13-14,18,22,24-25,29H,5-12,15-17,19-21H2,1-4H3,(H,34,35)/t24-,25+,29-/m1/s1. The Labute approximate surface area is 223 Å². The first-order valence-electron chi connectivity index (χ1n) is 14.6. The normalized spacial score (nSPS) is 21.1. The molecule has 208 valence electrons. The van der Waals surface area contributed by atoms with Gasteiger partial charge < -0.3 is 19.5 Å². The number of hydrogen-bond donors (Lipinski definition) is 1. The Morgan fingerprint density at radius 1 is 1.00 bits per heavy atom. The van der Waals surface area contributed by atoms with Crippen molar-refractivity contribution in [2.45, 2.75) is 97.4 Å². The smallest absolute Gasteiger partial charge is 0.308 e. The van der Waals surface area contributed by atoms with Crippen molar-refractivity contribution in [2.75, 3.05) is 33.0 Å². The number of fused-ring (bicyclic) bond motifs is 1. The summed E-state index contributed by atoms with van der Waals surface area (Å²) in [4.78, 5) is 30.6. The number of amides is 1. The maximum atomic E-state index is 13.6. The average Bonchev–Trinajstić information content (AvgIpc) is 3.48. The number of carbonyl (C=O) groups is 2. The molecule has 3 rings (SSSR count). The highest BCUT2D eigenvalue weighted by Crippen LogP contribution is 2.44. The van der Waals surface area contributed by atoms with Gasteiger partial charge in [0.25, 0.3) is 0 Å². The minimum Gasteiger partial charge on any atom is -0.481 e. The molecule has 0 radical (unpaired) electrons. The molecule has 0 bridgehead atoms. The molecule has 3 atom stereocenters. The number of ether oxygens (including phenoxy) is 2. The van der Waals surface area contributed by atoms with Gasteiger partial charge in [0.2, 0.25) is 12.7 Å². The van der Waals surface area contributed by atoms with E-state index >= 15 is 0 Å². The Hall–Kier alpha value is -2.28. The summed E-state index contributed by atoms with van der Waals surface area (Å²) in [6.07, 6.45) is 9.24. The fraction of sp³-hybridized carbons (Fsp3) is 0.733. The third-order valence-electron chi connectivity index (χ3n) is 8.08. The summed E-state index contributed by atoms with van der Waals surface area (Å²) in [6.45, 7) is 11.3. The number of likely N-dealkylation sites (tertiary alicyclic amines) is 1. The van der Waals surface area contributed by atoms with Crippen LogP contribution in [0.15, 0.2) is 18.2 Å². The molecule has 1 saturated heterocycles. The summed E-state index contributed by atoms with van der Waals surface area (Å²) in [5, 5.41) is 10.5. The summed E-state index contributed by atoms with van der Waals surface area (Å²) in [5.41, 5.74) is 0.952. The molecule has 37 heavy (non-hydrogen) atoms. The minimum atomic E-state index is -0.775. The highest BCUT2D eigenvalue weighted by molar-refractivity contribution is 5.79. The van der Waals surface area contributed by atoms with Gasteiger partial charge in [0.1, 0.15) is 0 Å². The Morgan fingerprint density at radius 3 is 2.24 bits per heavy atom. The maximum absolute atomic E-state index is 13.6. The van der Waals surface area contributed by atoms with E-state index in [0.717, 1.165) is 76.4 Å². The first-order chi connectivity index (χ1) is 17.9. The van der Waals surface area contributed by atoms with Crippen molar-refractivity contribution in [3.8, 4) is 11.5 Å². The number of hydrogen-bond acceptors (Lipinski definition) is 5. The van der Waals surface area contributed by atoms with Crippen molar-refractivity contribution in [1.82, 2.24) is 9.80 Å². The summed E-state index contributed by atoms with van der Waals surface area (Å²) in [6, 6.07) is 5.63. The van der Waals surface area contributed by atoms with Gasteiger partial charge >= 0.3 is 5.97 Å². The molecule has 7 heteroatoms. The van der Waals surface area contributed by atoms with E-state index in [1.54, 1.807) is 0 Å². The van der Waals surface area contributed by atoms with Gasteiger partial charge in [-0.25, -0.2) is 0 Å². The molecular formula is C30H48N2O5. The van der Waals surface area contributed by atoms with Crippen LogP contribution < -0.4 is 9.47 Å². The van der Waals surface area contributed by atoms with Gasteiger partial charge in [-0.05, 0) is 42.9 Å². The zero-order valence-corrected chi connectivity index (χ0v) is 23.4. The van der Waals surface area contributed by atoms with Crippen LogP contribution in [0.3, 0.4) is 0 Å². The van der Waals surface area contributed by atoms with Crippen molar-refractivity contribution in [3.63, 3.8) is 0 Å². The molecule has 0 saturated carbocycles. The topological polar surface area (TPSA) is 79.3 Å². The van der Waals surface area contributed by atoms with Gasteiger partial charge in [0.05, 0.1) is 12.5 Å². The molecule has 2 aliphatic rings. The van der Waals surface area contributed by atoms with Crippen LogP contribution in [0.2, 0.25) is 0 Å². The third-order valence-corrected chi connectivity index (χ3v) is 8.08. The zero-order chi connectivity index (χ0) is 26.8. The predicted octanol–water partition coefficient (Wildman–Crippen LogP) is 5.92. The van der Waals surface area contributed by atoms with E-state index in [1.807, 2.05) is 23.1 Å². The van der Waals surface area contributed by atoms with E-state index in [1.165, 1.54) is 0 Å². The largest absolute Gasteiger partial charge is 0.481 e. The number of benzene rings is 1. The van der Waals surface area contributed by atoms with E-state index in [0.29, 0.717) is 24.0 Å². The van der Waals surface area contributed by atoms with Gasteiger partial charge in [-0.3, -0.25) is 14.5 Å². The number of carbonyl (C=O) groups excluding carboxylic acids is 1. The molecule has 0 aromatic heterocycles. The van der Waals surface area contributed by atoms with Gasteiger partial charge in [0, 0.05) is 31.6 Å². The van der Waals surface area contributed by atoms with Gasteiger partial charge in [-0.1, -0.05) is 72.3 Å². The molecule has 1 fully saturated rings. The highest BCUT2D eigenvalue weighted by Gasteiger charge is 2.48. The SMILES string of the molecule is CCCCN(CCCC)C(=O)CN1C[C@H](c2ccc3c(c2)OCO3)[C@@H](C(=O)O)[C@@H]1CC(CCC)CCC. The fourth-order valence-electron chi connectivity index (χ4n) is 6.14. The molecule has 1 aromatic carbocycles. The molecule has 0 aliphatic carbocycles. The Morgan fingerprint density at radius 2 is 1.65 bits per heavy atom. The number of nitrogens with zero attached hydrogens (tertiary/aromatic N) is 2. The molecule has 2 aliphatic heterocycles. The molecule has 1 amide bonds. The lowest BCUT2D eigenvalue weighted by Gasteiger charge is -2.32. The summed E-state index contributed by atoms with van der Waals surface area (Å²) in [7, 11) is 0. The van der Waals surface area contributed by atoms with Crippen LogP contribution in [0.25, 0.3) is 0 Å². The minimum absolute atomic E-state index is 0.130. The monoisotopic (exact) mass is 516 g/mol. The van der Waals surface area contributed by atoms with Crippen LogP contribution in [-0.2, 0) is 9.59 Å². The second-order valence-corrected chi connectivity index (χ2v) is 10.8. The first-order valence-corrected chi connectivity index (χ1v) is 14.6. The number of carboxylic acid groups (broad SMARTS) is 1. The Bertz CT molecular complexity index is 862. The lowest BCUT2D eigenvalue weighted by molar-refractivity contribution is -0.144. The van der Waals surface area contributed by atoms with E-state index in [4.69, 9.17) is 9.47 Å². The molecule has 0 unspecified atom stereocenters. The lowest BCUT2D eigenvalue weighted by Crippen LogP contribution is -2.45. The van der Waals surface area contributed by atoms with E-state index in [-0.39, 0.29) is 31.2 Å². The second kappa shape index (κ2) is 14.6. The van der Waals surface area contributed by atoms with E-state index in [2.05, 4.69) is 32.6 Å². The van der Waals surface area contributed by atoms with E-state index in [9.17, 15) is 14.7 Å². The van der Waals surface area contributed by atoms with Crippen LogP contribution >= 0.6 is 0 Å². The number of carboxylic acids is 1. The molecule has 2 heterocycles. The number of rotatable bonds is 16. The zero-order valence-electron chi connectivity index (χ0n) is 23.4. The first kappa shape index (κ1) is 29.3. The summed E-state index contributed by atoms with van der Waals surface area (Å²) >= 11 is 0. The lowest BCUT2D eigenvalue weighted by atomic mass is 9.80. The van der Waals surface area contributed by atoms with Crippen LogP contribution in [-0.4, -0.2) is 65.8 Å². The molecule has 7 nitrogen and oxygen atoms in total. The van der Waals surface area contributed by atoms with E-state index < -0.39 is 11.9 Å². The Balaban J connectivity index is 1.89. The number of unbranched alkanes of at least 4 members (excludes halogenated alkanes) is 2. The van der Waals surface area contributed by atoms with Crippen LogP contribution in [0.1, 0.15) is 97.0 Å². The van der Waals surface area contributed by atoms with Crippen LogP contribution in [0, 0.1) is 11.8 Å². The van der Waals surface area contributed by atoms with Crippen molar-refractivity contribution in [3.05, 3.63) is 23.8 Å². The molecule has 0 spiro atoms. The second-order valence-electron chi connectivity index (χ2n) is 10.8. The predicted molar refractivity (Wildman–Crippen MR) is 146 cm³/mol. The number of aliphatic carboxylic acids is 1. The molecular weight excluding hydrogens is 468 g/mol. The third kappa shape index (κ3) is 7.62. The summed E-state index contributed by atoms with van der Waals surface area (Å²) in [5.74, 6) is 0.426. The fourth-order valence-corrected chi connectivity index (χ4v) is 6.14. The molecule has 1 aromatic rings. The highest BCUT2D eigenvalue weighted by atomic mass is 16.7.